The van der Waals surface area contributed by atoms with Crippen molar-refractivity contribution >= 4 is 40.7 Å². The number of carbonyl (C=O) groups is 3. The molecule has 1 aliphatic rings. The maximum Gasteiger partial charge on any atom is 0.305 e. The third-order valence-electron chi connectivity index (χ3n) is 5.83. The van der Waals surface area contributed by atoms with Gasteiger partial charge >= 0.3 is 5.91 Å². The van der Waals surface area contributed by atoms with Crippen LogP contribution in [-0.2, 0) is 6.42 Å². The number of hydrazine groups is 1. The van der Waals surface area contributed by atoms with Crippen LogP contribution in [0.5, 0.6) is 0 Å². The fourth-order valence-electron chi connectivity index (χ4n) is 3.92. The number of carbonyl (C=O) groups excluding carboxylic acids is 3. The number of fused-ring (bicyclic) bond motifs is 1. The first kappa shape index (κ1) is 25.6. The Kier molecular flexibility index (Phi) is 7.35. The van der Waals surface area contributed by atoms with Crippen LogP contribution in [0.25, 0.3) is 0 Å². The van der Waals surface area contributed by atoms with Crippen LogP contribution >= 0.6 is 11.6 Å². The predicted molar refractivity (Wildman–Crippen MR) is 135 cm³/mol. The van der Waals surface area contributed by atoms with Crippen molar-refractivity contribution < 1.29 is 23.7 Å². The molecule has 1 aromatic heterocycles. The summed E-state index contributed by atoms with van der Waals surface area (Å²) in [4.78, 5) is 48.0. The molecule has 3 N–H and O–H groups in total. The molecular formula is C25H22ClN5O6. The normalized spacial score (nSPS) is 13.5. The van der Waals surface area contributed by atoms with E-state index in [-0.39, 0.29) is 16.3 Å². The van der Waals surface area contributed by atoms with Crippen LogP contribution in [-0.4, -0.2) is 28.4 Å². The van der Waals surface area contributed by atoms with E-state index < -0.39 is 28.3 Å². The Morgan fingerprint density at radius 2 is 1.65 bits per heavy atom. The Morgan fingerprint density at radius 3 is 2.35 bits per heavy atom. The number of hydrogen-bond donors (Lipinski definition) is 3. The van der Waals surface area contributed by atoms with Crippen molar-refractivity contribution in [2.75, 3.05) is 0 Å². The van der Waals surface area contributed by atoms with E-state index in [0.717, 1.165) is 11.6 Å². The first-order chi connectivity index (χ1) is 17.7. The van der Waals surface area contributed by atoms with E-state index >= 15 is 0 Å². The number of hydrogen-bond acceptors (Lipinski definition) is 7. The van der Waals surface area contributed by atoms with E-state index in [0.29, 0.717) is 47.4 Å². The molecule has 0 atom stereocenters. The highest BCUT2D eigenvalue weighted by Crippen LogP contribution is 2.30. The standard InChI is InChI=1S/C25H22ClN5O6/c1-13-6-8-15(9-7-13)23(32)29-30-25(34)22-14(2)21-18(4-3-5-20(21)37-22)27-28-24(33)16-10-11-17(26)19(12-16)31(35)36/h6-12H,3-5H2,1-2H3,(H,28,33)(H,29,32)(H,30,34)/b27-18+. The van der Waals surface area contributed by atoms with E-state index in [1.807, 2.05) is 6.92 Å². The Labute approximate surface area is 216 Å². The Morgan fingerprint density at radius 1 is 0.973 bits per heavy atom. The summed E-state index contributed by atoms with van der Waals surface area (Å²) < 4.78 is 5.78. The van der Waals surface area contributed by atoms with Crippen molar-refractivity contribution in [3.05, 3.63) is 96.9 Å². The highest BCUT2D eigenvalue weighted by Gasteiger charge is 2.28. The molecule has 0 unspecified atom stereocenters. The third kappa shape index (κ3) is 5.51. The summed E-state index contributed by atoms with van der Waals surface area (Å²) in [5.74, 6) is -1.21. The van der Waals surface area contributed by atoms with Gasteiger partial charge in [-0.1, -0.05) is 29.3 Å². The summed E-state index contributed by atoms with van der Waals surface area (Å²) >= 11 is 5.81. The number of furan rings is 1. The van der Waals surface area contributed by atoms with Gasteiger partial charge in [0.2, 0.25) is 0 Å². The molecule has 0 spiro atoms. The zero-order chi connectivity index (χ0) is 26.7. The number of nitrogens with zero attached hydrogens (tertiary/aromatic N) is 2. The molecule has 0 radical (unpaired) electrons. The van der Waals surface area contributed by atoms with Crippen molar-refractivity contribution in [3.63, 3.8) is 0 Å². The van der Waals surface area contributed by atoms with Gasteiger partial charge in [0.05, 0.1) is 10.6 Å². The van der Waals surface area contributed by atoms with Gasteiger partial charge in [-0.15, -0.1) is 0 Å². The van der Waals surface area contributed by atoms with Crippen LogP contribution in [0.2, 0.25) is 5.02 Å². The van der Waals surface area contributed by atoms with Crippen molar-refractivity contribution in [2.45, 2.75) is 33.1 Å². The molecule has 2 aromatic carbocycles. The van der Waals surface area contributed by atoms with Crippen molar-refractivity contribution in [1.29, 1.82) is 0 Å². The second-order valence-corrected chi connectivity index (χ2v) is 8.81. The molecule has 3 amide bonds. The molecule has 0 fully saturated rings. The quantitative estimate of drug-likeness (QED) is 0.339. The number of nitro benzene ring substituents is 1. The zero-order valence-corrected chi connectivity index (χ0v) is 20.6. The molecule has 190 valence electrons. The van der Waals surface area contributed by atoms with Gasteiger partial charge in [-0.3, -0.25) is 35.3 Å². The van der Waals surface area contributed by atoms with Gasteiger partial charge in [0.15, 0.2) is 5.76 Å². The molecule has 1 heterocycles. The van der Waals surface area contributed by atoms with Crippen molar-refractivity contribution in [2.24, 2.45) is 5.10 Å². The van der Waals surface area contributed by atoms with E-state index in [9.17, 15) is 24.5 Å². The largest absolute Gasteiger partial charge is 0.455 e. The number of nitrogens with one attached hydrogen (secondary N) is 3. The summed E-state index contributed by atoms with van der Waals surface area (Å²) in [5.41, 5.74) is 9.76. The van der Waals surface area contributed by atoms with Gasteiger partial charge in [0, 0.05) is 34.7 Å². The maximum absolute atomic E-state index is 12.8. The summed E-state index contributed by atoms with van der Waals surface area (Å²) in [6, 6.07) is 10.6. The number of benzene rings is 2. The molecule has 3 aromatic rings. The molecule has 11 nitrogen and oxygen atoms in total. The average molecular weight is 524 g/mol. The highest BCUT2D eigenvalue weighted by molar-refractivity contribution is 6.32. The SMILES string of the molecule is Cc1ccc(C(=O)NNC(=O)c2oc3c(c2C)/C(=N/NC(=O)c2ccc(Cl)c([N+](=O)[O-])c2)CCC3)cc1. The zero-order valence-electron chi connectivity index (χ0n) is 19.9. The van der Waals surface area contributed by atoms with Gasteiger partial charge in [-0.2, -0.15) is 5.10 Å². The maximum atomic E-state index is 12.8. The summed E-state index contributed by atoms with van der Waals surface area (Å²) in [5, 5.41) is 15.2. The predicted octanol–water partition coefficient (Wildman–Crippen LogP) is 4.00. The number of nitro groups is 1. The van der Waals surface area contributed by atoms with Gasteiger partial charge in [0.25, 0.3) is 17.5 Å². The van der Waals surface area contributed by atoms with Gasteiger partial charge in [-0.25, -0.2) is 5.43 Å². The first-order valence-electron chi connectivity index (χ1n) is 11.3. The lowest BCUT2D eigenvalue weighted by atomic mass is 9.93. The first-order valence-corrected chi connectivity index (χ1v) is 11.6. The smallest absolute Gasteiger partial charge is 0.305 e. The van der Waals surface area contributed by atoms with E-state index in [4.69, 9.17) is 16.0 Å². The lowest BCUT2D eigenvalue weighted by molar-refractivity contribution is -0.384. The molecule has 12 heteroatoms. The second kappa shape index (κ2) is 10.6. The van der Waals surface area contributed by atoms with E-state index in [2.05, 4.69) is 21.4 Å². The van der Waals surface area contributed by atoms with Gasteiger partial charge in [-0.05, 0) is 51.0 Å². The molecule has 4 rings (SSSR count). The number of amides is 3. The Balaban J connectivity index is 1.49. The van der Waals surface area contributed by atoms with Crippen LogP contribution < -0.4 is 16.3 Å². The van der Waals surface area contributed by atoms with Crippen LogP contribution in [0.4, 0.5) is 5.69 Å². The number of aryl methyl sites for hydroxylation is 2. The second-order valence-electron chi connectivity index (χ2n) is 8.40. The van der Waals surface area contributed by atoms with Crippen molar-refractivity contribution in [3.8, 4) is 0 Å². The third-order valence-corrected chi connectivity index (χ3v) is 6.15. The minimum Gasteiger partial charge on any atom is -0.455 e. The molecule has 0 bridgehead atoms. The number of hydrazone groups is 1. The van der Waals surface area contributed by atoms with Crippen LogP contribution in [0.3, 0.4) is 0 Å². The van der Waals surface area contributed by atoms with Crippen LogP contribution in [0.15, 0.2) is 52.0 Å². The van der Waals surface area contributed by atoms with Gasteiger partial charge in [0.1, 0.15) is 10.8 Å². The number of halogens is 1. The van der Waals surface area contributed by atoms with Crippen LogP contribution in [0, 0.1) is 24.0 Å². The lowest BCUT2D eigenvalue weighted by Gasteiger charge is -2.13. The molecule has 37 heavy (non-hydrogen) atoms. The molecule has 0 saturated carbocycles. The Bertz CT molecular complexity index is 1440. The van der Waals surface area contributed by atoms with E-state index in [1.54, 1.807) is 31.2 Å². The van der Waals surface area contributed by atoms with Crippen LogP contribution in [0.1, 0.15) is 66.6 Å². The topological polar surface area (TPSA) is 156 Å². The lowest BCUT2D eigenvalue weighted by Crippen LogP contribution is -2.41. The number of rotatable bonds is 5. The summed E-state index contributed by atoms with van der Waals surface area (Å²) in [6.07, 6.45) is 1.75. The monoisotopic (exact) mass is 523 g/mol. The highest BCUT2D eigenvalue weighted by atomic mass is 35.5. The van der Waals surface area contributed by atoms with Crippen molar-refractivity contribution in [1.82, 2.24) is 16.3 Å². The molecule has 0 aliphatic heterocycles. The summed E-state index contributed by atoms with van der Waals surface area (Å²) in [6.45, 7) is 3.59. The fraction of sp³-hybridized carbons (Fsp3) is 0.200. The molecule has 1 aliphatic carbocycles. The summed E-state index contributed by atoms with van der Waals surface area (Å²) in [7, 11) is 0. The fourth-order valence-corrected chi connectivity index (χ4v) is 4.11. The van der Waals surface area contributed by atoms with Gasteiger partial charge < -0.3 is 4.42 Å². The molecular weight excluding hydrogens is 502 g/mol. The Hall–Kier alpha value is -4.51. The minimum atomic E-state index is -0.678. The minimum absolute atomic E-state index is 0.0171. The van der Waals surface area contributed by atoms with E-state index in [1.165, 1.54) is 12.1 Å². The average Bonchev–Trinajstić information content (AvgIpc) is 3.23. The molecule has 0 saturated heterocycles.